The highest BCUT2D eigenvalue weighted by atomic mass is 79.9. The van der Waals surface area contributed by atoms with Gasteiger partial charge in [0.15, 0.2) is 0 Å². The summed E-state index contributed by atoms with van der Waals surface area (Å²) in [4.78, 5) is 0. The molecule has 0 bridgehead atoms. The van der Waals surface area contributed by atoms with Crippen molar-refractivity contribution in [2.75, 3.05) is 0 Å². The summed E-state index contributed by atoms with van der Waals surface area (Å²) in [5, 5.41) is 0.432. The van der Waals surface area contributed by atoms with Gasteiger partial charge in [0.1, 0.15) is 0 Å². The van der Waals surface area contributed by atoms with E-state index in [2.05, 4.69) is 57.8 Å². The van der Waals surface area contributed by atoms with E-state index in [4.69, 9.17) is 23.2 Å². The molecule has 0 nitrogen and oxygen atoms in total. The maximum atomic E-state index is 6.60. The van der Waals surface area contributed by atoms with Crippen LogP contribution in [-0.4, -0.2) is 0 Å². The fourth-order valence-electron chi connectivity index (χ4n) is 1.95. The van der Waals surface area contributed by atoms with Crippen LogP contribution in [0.2, 0.25) is 5.02 Å². The van der Waals surface area contributed by atoms with E-state index in [1.54, 1.807) is 0 Å². The highest BCUT2D eigenvalue weighted by Crippen LogP contribution is 2.37. The van der Waals surface area contributed by atoms with Gasteiger partial charge in [-0.2, -0.15) is 0 Å². The summed E-state index contributed by atoms with van der Waals surface area (Å²) in [5.41, 5.74) is 4.33. The molecule has 2 aromatic rings. The second-order valence-corrected chi connectivity index (χ2v) is 7.10. The first-order chi connectivity index (χ1) is 8.90. The normalized spacial score (nSPS) is 12.5. The van der Waals surface area contributed by atoms with Gasteiger partial charge in [0.25, 0.3) is 0 Å². The number of hydrogen-bond donors (Lipinski definition) is 0. The predicted molar refractivity (Wildman–Crippen MR) is 90.5 cm³/mol. The molecular weight excluding hydrogens is 411 g/mol. The zero-order valence-corrected chi connectivity index (χ0v) is 15.2. The van der Waals surface area contributed by atoms with Gasteiger partial charge in [0, 0.05) is 14.0 Å². The first-order valence-electron chi connectivity index (χ1n) is 5.76. The molecule has 0 N–H and O–H groups in total. The molecule has 0 saturated carbocycles. The molecule has 100 valence electrons. The molecule has 2 aromatic carbocycles. The maximum absolute atomic E-state index is 6.60. The van der Waals surface area contributed by atoms with E-state index < -0.39 is 0 Å². The van der Waals surface area contributed by atoms with Crippen molar-refractivity contribution in [1.82, 2.24) is 0 Å². The molecule has 0 aliphatic carbocycles. The molecule has 0 spiro atoms. The smallest absolute Gasteiger partial charge is 0.0852 e. The third kappa shape index (κ3) is 3.36. The van der Waals surface area contributed by atoms with Crippen molar-refractivity contribution in [2.24, 2.45) is 0 Å². The molecule has 0 aromatic heterocycles. The molecule has 0 radical (unpaired) electrons. The standard InChI is InChI=1S/C15H12Br2Cl2/c1-8-6-13(17)9(2)5-12(8)15(19)11-4-3-10(16)7-14(11)18/h3-7,15H,1-2H3. The summed E-state index contributed by atoms with van der Waals surface area (Å²) in [7, 11) is 0. The Morgan fingerprint density at radius 1 is 0.947 bits per heavy atom. The molecule has 1 unspecified atom stereocenters. The first kappa shape index (κ1) is 15.4. The van der Waals surface area contributed by atoms with Gasteiger partial charge in [-0.25, -0.2) is 0 Å². The number of aryl methyl sites for hydroxylation is 2. The SMILES string of the molecule is Cc1cc(C(Cl)c2ccc(Br)cc2Cl)c(C)cc1Br. The van der Waals surface area contributed by atoms with E-state index in [-0.39, 0.29) is 5.38 Å². The van der Waals surface area contributed by atoms with Gasteiger partial charge < -0.3 is 0 Å². The van der Waals surface area contributed by atoms with Crippen LogP contribution in [0.15, 0.2) is 39.3 Å². The summed E-state index contributed by atoms with van der Waals surface area (Å²) in [6, 6.07) is 9.98. The van der Waals surface area contributed by atoms with Crippen molar-refractivity contribution in [1.29, 1.82) is 0 Å². The lowest BCUT2D eigenvalue weighted by atomic mass is 9.98. The second-order valence-electron chi connectivity index (χ2n) is 4.49. The van der Waals surface area contributed by atoms with E-state index in [1.165, 1.54) is 5.56 Å². The van der Waals surface area contributed by atoms with Crippen LogP contribution in [0.25, 0.3) is 0 Å². The second kappa shape index (κ2) is 6.17. The van der Waals surface area contributed by atoms with Crippen molar-refractivity contribution in [3.8, 4) is 0 Å². The van der Waals surface area contributed by atoms with Gasteiger partial charge in [0.2, 0.25) is 0 Å². The van der Waals surface area contributed by atoms with E-state index in [1.807, 2.05) is 18.2 Å². The molecule has 0 heterocycles. The molecular formula is C15H12Br2Cl2. The Morgan fingerprint density at radius 3 is 2.26 bits per heavy atom. The molecule has 2 rings (SSSR count). The lowest BCUT2D eigenvalue weighted by Crippen LogP contribution is -1.98. The quantitative estimate of drug-likeness (QED) is 0.466. The fourth-order valence-corrected chi connectivity index (χ4v) is 3.67. The van der Waals surface area contributed by atoms with Crippen molar-refractivity contribution in [2.45, 2.75) is 19.2 Å². The summed E-state index contributed by atoms with van der Waals surface area (Å²) < 4.78 is 2.05. The van der Waals surface area contributed by atoms with Crippen molar-refractivity contribution in [3.05, 3.63) is 66.6 Å². The van der Waals surface area contributed by atoms with Crippen molar-refractivity contribution >= 4 is 55.1 Å². The van der Waals surface area contributed by atoms with Gasteiger partial charge >= 0.3 is 0 Å². The van der Waals surface area contributed by atoms with Crippen LogP contribution in [0.5, 0.6) is 0 Å². The Balaban J connectivity index is 2.49. The molecule has 0 amide bonds. The Labute approximate surface area is 140 Å². The summed E-state index contributed by atoms with van der Waals surface area (Å²) >= 11 is 19.8. The van der Waals surface area contributed by atoms with Gasteiger partial charge in [0.05, 0.1) is 5.38 Å². The highest BCUT2D eigenvalue weighted by molar-refractivity contribution is 9.10. The zero-order chi connectivity index (χ0) is 14.2. The van der Waals surface area contributed by atoms with Gasteiger partial charge in [-0.1, -0.05) is 55.6 Å². The Morgan fingerprint density at radius 2 is 1.63 bits per heavy atom. The summed E-state index contributed by atoms with van der Waals surface area (Å²) in [5.74, 6) is 0. The fraction of sp³-hybridized carbons (Fsp3) is 0.200. The lowest BCUT2D eigenvalue weighted by Gasteiger charge is -2.16. The topological polar surface area (TPSA) is 0 Å². The Kier molecular flexibility index (Phi) is 4.99. The van der Waals surface area contributed by atoms with E-state index >= 15 is 0 Å². The predicted octanol–water partition coefficient (Wildman–Crippen LogP) is 6.81. The largest absolute Gasteiger partial charge is 0.113 e. The zero-order valence-electron chi connectivity index (χ0n) is 10.5. The molecule has 19 heavy (non-hydrogen) atoms. The maximum Gasteiger partial charge on any atom is 0.0852 e. The van der Waals surface area contributed by atoms with Crippen molar-refractivity contribution < 1.29 is 0 Å². The number of halogens is 4. The highest BCUT2D eigenvalue weighted by Gasteiger charge is 2.17. The third-order valence-electron chi connectivity index (χ3n) is 3.06. The lowest BCUT2D eigenvalue weighted by molar-refractivity contribution is 1.10. The van der Waals surface area contributed by atoms with Crippen LogP contribution in [0.3, 0.4) is 0 Å². The van der Waals surface area contributed by atoms with Crippen LogP contribution >= 0.6 is 55.1 Å². The van der Waals surface area contributed by atoms with Crippen LogP contribution in [0.4, 0.5) is 0 Å². The average molecular weight is 423 g/mol. The monoisotopic (exact) mass is 420 g/mol. The molecule has 1 atom stereocenters. The number of rotatable bonds is 2. The number of alkyl halides is 1. The minimum absolute atomic E-state index is 0.243. The Hall–Kier alpha value is -0.0200. The molecule has 0 aliphatic rings. The van der Waals surface area contributed by atoms with Gasteiger partial charge in [-0.3, -0.25) is 0 Å². The van der Waals surface area contributed by atoms with E-state index in [0.717, 1.165) is 25.6 Å². The van der Waals surface area contributed by atoms with E-state index in [9.17, 15) is 0 Å². The number of benzene rings is 2. The first-order valence-corrected chi connectivity index (χ1v) is 8.16. The average Bonchev–Trinajstić information content (AvgIpc) is 2.33. The van der Waals surface area contributed by atoms with Crippen molar-refractivity contribution in [3.63, 3.8) is 0 Å². The van der Waals surface area contributed by atoms with Crippen LogP contribution in [0, 0.1) is 13.8 Å². The molecule has 0 saturated heterocycles. The summed E-state index contributed by atoms with van der Waals surface area (Å²) in [6.07, 6.45) is 0. The number of hydrogen-bond acceptors (Lipinski definition) is 0. The summed E-state index contributed by atoms with van der Waals surface area (Å²) in [6.45, 7) is 4.11. The van der Waals surface area contributed by atoms with E-state index in [0.29, 0.717) is 5.02 Å². The van der Waals surface area contributed by atoms with Crippen LogP contribution < -0.4 is 0 Å². The minimum Gasteiger partial charge on any atom is -0.113 e. The third-order valence-corrected chi connectivity index (χ3v) is 5.20. The molecule has 0 fully saturated rings. The minimum atomic E-state index is -0.243. The van der Waals surface area contributed by atoms with Crippen LogP contribution in [-0.2, 0) is 0 Å². The molecule has 4 heteroatoms. The van der Waals surface area contributed by atoms with Crippen LogP contribution in [0.1, 0.15) is 27.6 Å². The Bertz CT molecular complexity index is 624. The van der Waals surface area contributed by atoms with Gasteiger partial charge in [-0.05, 0) is 54.3 Å². The molecule has 0 aliphatic heterocycles. The van der Waals surface area contributed by atoms with Gasteiger partial charge in [-0.15, -0.1) is 11.6 Å².